The van der Waals surface area contributed by atoms with E-state index in [0.29, 0.717) is 5.75 Å². The van der Waals surface area contributed by atoms with E-state index in [-0.39, 0.29) is 17.1 Å². The predicted molar refractivity (Wildman–Crippen MR) is 73.5 cm³/mol. The summed E-state index contributed by atoms with van der Waals surface area (Å²) in [7, 11) is -2.11. The fourth-order valence-electron chi connectivity index (χ4n) is 1.54. The van der Waals surface area contributed by atoms with Crippen LogP contribution >= 0.6 is 10.6 Å². The fraction of sp³-hybridized carbons (Fsp3) is 0.538. The van der Waals surface area contributed by atoms with E-state index in [1.54, 1.807) is 24.3 Å². The lowest BCUT2D eigenvalue weighted by atomic mass is 10.2. The molecule has 0 spiro atoms. The second-order valence-electron chi connectivity index (χ2n) is 4.60. The summed E-state index contributed by atoms with van der Waals surface area (Å²) in [5.74, 6) is 0.655. The molecule has 0 amide bonds. The average molecular weight is 258 g/mol. The van der Waals surface area contributed by atoms with Crippen molar-refractivity contribution in [3.63, 3.8) is 0 Å². The molecule has 0 heterocycles. The Morgan fingerprint density at radius 3 is 1.88 bits per heavy atom. The van der Waals surface area contributed by atoms with Crippen LogP contribution in [0, 0.1) is 0 Å². The van der Waals surface area contributed by atoms with Crippen molar-refractivity contribution >= 4 is 10.6 Å². The molecule has 0 aliphatic heterocycles. The molecule has 0 aromatic heterocycles. The van der Waals surface area contributed by atoms with E-state index in [0.717, 1.165) is 5.56 Å². The van der Waals surface area contributed by atoms with Gasteiger partial charge in [0.2, 0.25) is 0 Å². The third kappa shape index (κ3) is 3.37. The molecule has 0 saturated heterocycles. The Bertz CT molecular complexity index is 338. The van der Waals surface area contributed by atoms with Gasteiger partial charge in [-0.3, -0.25) is 4.55 Å². The van der Waals surface area contributed by atoms with Gasteiger partial charge in [-0.15, -0.1) is 0 Å². The van der Waals surface area contributed by atoms with Crippen LogP contribution in [-0.4, -0.2) is 20.2 Å². The average Bonchev–Trinajstić information content (AvgIpc) is 2.29. The lowest BCUT2D eigenvalue weighted by Crippen LogP contribution is -2.25. The summed E-state index contributed by atoms with van der Waals surface area (Å²) < 4.78 is 16.3. The zero-order valence-electron chi connectivity index (χ0n) is 10.9. The molecule has 98 valence electrons. The molecule has 0 fully saturated rings. The van der Waals surface area contributed by atoms with Crippen molar-refractivity contribution in [3.8, 4) is 5.75 Å². The van der Waals surface area contributed by atoms with Crippen molar-refractivity contribution in [2.24, 2.45) is 0 Å². The maximum Gasteiger partial charge on any atom is 0.150 e. The highest BCUT2D eigenvalue weighted by Gasteiger charge is 2.26. The van der Waals surface area contributed by atoms with E-state index in [9.17, 15) is 4.55 Å². The van der Waals surface area contributed by atoms with E-state index >= 15 is 0 Å². The summed E-state index contributed by atoms with van der Waals surface area (Å²) in [6.07, 6.45) is 0. The largest absolute Gasteiger partial charge is 0.392 e. The number of hydrogen-bond donors (Lipinski definition) is 2. The topological polar surface area (TPSA) is 49.7 Å². The standard InChI is InChI=1S/C13H22O3S/c1-10(2)17(15,11(3)4)16-13-7-5-12(9-14)6-8-13/h5-8,10-11,14-15H,9H2,1-4H3. The molecule has 0 aliphatic carbocycles. The molecule has 0 saturated carbocycles. The quantitative estimate of drug-likeness (QED) is 0.849. The highest BCUT2D eigenvalue weighted by molar-refractivity contribution is 8.26. The molecule has 1 aromatic carbocycles. The number of aliphatic hydroxyl groups is 1. The van der Waals surface area contributed by atoms with Crippen molar-refractivity contribution < 1.29 is 13.8 Å². The zero-order valence-corrected chi connectivity index (χ0v) is 11.7. The Balaban J connectivity index is 2.86. The van der Waals surface area contributed by atoms with E-state index in [2.05, 4.69) is 0 Å². The molecule has 4 heteroatoms. The molecule has 3 nitrogen and oxygen atoms in total. The monoisotopic (exact) mass is 258 g/mol. The third-order valence-corrected chi connectivity index (χ3v) is 5.85. The van der Waals surface area contributed by atoms with Crippen LogP contribution in [0.1, 0.15) is 33.3 Å². The molecule has 0 aliphatic rings. The molecule has 17 heavy (non-hydrogen) atoms. The number of rotatable bonds is 5. The second-order valence-corrected chi connectivity index (χ2v) is 7.88. The van der Waals surface area contributed by atoms with Gasteiger partial charge in [0.25, 0.3) is 0 Å². The van der Waals surface area contributed by atoms with Crippen LogP contribution in [0.5, 0.6) is 5.75 Å². The van der Waals surface area contributed by atoms with E-state index < -0.39 is 10.6 Å². The Morgan fingerprint density at radius 1 is 1.06 bits per heavy atom. The summed E-state index contributed by atoms with van der Waals surface area (Å²) >= 11 is 0. The molecule has 0 atom stereocenters. The minimum atomic E-state index is -2.11. The summed E-state index contributed by atoms with van der Waals surface area (Å²) in [4.78, 5) is 0. The molecule has 2 N–H and O–H groups in total. The van der Waals surface area contributed by atoms with E-state index in [1.807, 2.05) is 27.7 Å². The van der Waals surface area contributed by atoms with Gasteiger partial charge in [0.1, 0.15) is 0 Å². The molecular weight excluding hydrogens is 236 g/mol. The number of hydrogen-bond acceptors (Lipinski definition) is 3. The normalized spacial score (nSPS) is 13.2. The summed E-state index contributed by atoms with van der Waals surface area (Å²) in [6, 6.07) is 7.17. The van der Waals surface area contributed by atoms with Crippen LogP contribution < -0.4 is 4.18 Å². The summed E-state index contributed by atoms with van der Waals surface area (Å²) in [5, 5.41) is 9.12. The van der Waals surface area contributed by atoms with Crippen molar-refractivity contribution in [3.05, 3.63) is 29.8 Å². The Kier molecular flexibility index (Phi) is 4.86. The van der Waals surface area contributed by atoms with Gasteiger partial charge in [-0.2, -0.15) is 10.6 Å². The van der Waals surface area contributed by atoms with Crippen LogP contribution in [-0.2, 0) is 6.61 Å². The zero-order chi connectivity index (χ0) is 13.1. The maximum absolute atomic E-state index is 10.6. The van der Waals surface area contributed by atoms with Gasteiger partial charge in [-0.1, -0.05) is 12.1 Å². The first-order valence-corrected chi connectivity index (χ1v) is 7.47. The lowest BCUT2D eigenvalue weighted by Gasteiger charge is -2.45. The van der Waals surface area contributed by atoms with Crippen molar-refractivity contribution in [2.45, 2.75) is 44.8 Å². The summed E-state index contributed by atoms with van der Waals surface area (Å²) in [5.41, 5.74) is 0.838. The lowest BCUT2D eigenvalue weighted by molar-refractivity contribution is 0.282. The Morgan fingerprint density at radius 2 is 1.53 bits per heavy atom. The van der Waals surface area contributed by atoms with Crippen LogP contribution in [0.3, 0.4) is 0 Å². The first-order valence-electron chi connectivity index (χ1n) is 5.83. The third-order valence-electron chi connectivity index (χ3n) is 2.69. The molecular formula is C13H22O3S. The van der Waals surface area contributed by atoms with Crippen LogP contribution in [0.25, 0.3) is 0 Å². The highest BCUT2D eigenvalue weighted by Crippen LogP contribution is 2.53. The van der Waals surface area contributed by atoms with Crippen LogP contribution in [0.2, 0.25) is 0 Å². The SMILES string of the molecule is CC(C)S(O)(Oc1ccc(CO)cc1)C(C)C. The maximum atomic E-state index is 10.6. The van der Waals surface area contributed by atoms with E-state index in [1.165, 1.54) is 0 Å². The highest BCUT2D eigenvalue weighted by atomic mass is 32.3. The Labute approximate surface area is 105 Å². The van der Waals surface area contributed by atoms with Crippen LogP contribution in [0.15, 0.2) is 24.3 Å². The van der Waals surface area contributed by atoms with Gasteiger partial charge in [-0.25, -0.2) is 0 Å². The minimum Gasteiger partial charge on any atom is -0.392 e. The molecule has 0 radical (unpaired) electrons. The van der Waals surface area contributed by atoms with Gasteiger partial charge in [0, 0.05) is 0 Å². The van der Waals surface area contributed by atoms with E-state index in [4.69, 9.17) is 9.29 Å². The molecule has 1 aromatic rings. The van der Waals surface area contributed by atoms with Gasteiger partial charge in [0.15, 0.2) is 5.75 Å². The second kappa shape index (κ2) is 5.76. The predicted octanol–water partition coefficient (Wildman–Crippen LogP) is 3.57. The molecule has 0 bridgehead atoms. The summed E-state index contributed by atoms with van der Waals surface area (Å²) in [6.45, 7) is 7.90. The number of benzene rings is 1. The molecule has 1 rings (SSSR count). The Hall–Kier alpha value is -0.710. The van der Waals surface area contributed by atoms with Crippen molar-refractivity contribution in [1.29, 1.82) is 0 Å². The first-order chi connectivity index (χ1) is 7.90. The van der Waals surface area contributed by atoms with Gasteiger partial charge >= 0.3 is 0 Å². The minimum absolute atomic E-state index is 0.0196. The van der Waals surface area contributed by atoms with Crippen LogP contribution in [0.4, 0.5) is 0 Å². The first kappa shape index (κ1) is 14.4. The van der Waals surface area contributed by atoms with Crippen molar-refractivity contribution in [1.82, 2.24) is 0 Å². The fourth-order valence-corrected chi connectivity index (χ4v) is 3.43. The van der Waals surface area contributed by atoms with Gasteiger partial charge in [0.05, 0.1) is 17.1 Å². The smallest absolute Gasteiger partial charge is 0.150 e. The molecule has 0 unspecified atom stereocenters. The van der Waals surface area contributed by atoms with Gasteiger partial charge in [-0.05, 0) is 45.4 Å². The van der Waals surface area contributed by atoms with Gasteiger partial charge < -0.3 is 9.29 Å². The van der Waals surface area contributed by atoms with Crippen molar-refractivity contribution in [2.75, 3.05) is 0 Å². The number of aliphatic hydroxyl groups excluding tert-OH is 1.